The van der Waals surface area contributed by atoms with Crippen LogP contribution in [0.4, 0.5) is 8.78 Å². The van der Waals surface area contributed by atoms with E-state index in [-0.39, 0.29) is 54.3 Å². The highest BCUT2D eigenvalue weighted by Gasteiger charge is 2.15. The van der Waals surface area contributed by atoms with Gasteiger partial charge in [0.15, 0.2) is 5.96 Å². The van der Waals surface area contributed by atoms with Crippen molar-refractivity contribution in [3.63, 3.8) is 0 Å². The van der Waals surface area contributed by atoms with Gasteiger partial charge >= 0.3 is 6.61 Å². The van der Waals surface area contributed by atoms with Crippen LogP contribution in [0.15, 0.2) is 23.2 Å². The molecular formula is C19H31F2IN4O3. The predicted molar refractivity (Wildman–Crippen MR) is 120 cm³/mol. The third-order valence-corrected chi connectivity index (χ3v) is 3.33. The molecule has 0 spiro atoms. The third-order valence-electron chi connectivity index (χ3n) is 3.33. The van der Waals surface area contributed by atoms with E-state index in [0.717, 1.165) is 6.42 Å². The molecular weight excluding hydrogens is 497 g/mol. The molecule has 166 valence electrons. The van der Waals surface area contributed by atoms with Gasteiger partial charge in [-0.05, 0) is 39.3 Å². The molecule has 0 aliphatic heterocycles. The smallest absolute Gasteiger partial charge is 0.387 e. The molecule has 0 saturated carbocycles. The van der Waals surface area contributed by atoms with Crippen LogP contribution in [-0.2, 0) is 11.3 Å². The van der Waals surface area contributed by atoms with Gasteiger partial charge in [-0.1, -0.05) is 6.92 Å². The maximum absolute atomic E-state index is 12.7. The Balaban J connectivity index is 0.00000784. The number of amides is 1. The molecule has 29 heavy (non-hydrogen) atoms. The van der Waals surface area contributed by atoms with Crippen molar-refractivity contribution in [3.8, 4) is 11.5 Å². The minimum Gasteiger partial charge on any atom is -0.493 e. The van der Waals surface area contributed by atoms with E-state index in [0.29, 0.717) is 23.9 Å². The number of nitrogens with zero attached hydrogens (tertiary/aromatic N) is 1. The second-order valence-corrected chi connectivity index (χ2v) is 7.07. The Labute approximate surface area is 188 Å². The molecule has 0 aliphatic rings. The summed E-state index contributed by atoms with van der Waals surface area (Å²) in [6.45, 7) is 5.36. The first-order valence-corrected chi connectivity index (χ1v) is 9.10. The van der Waals surface area contributed by atoms with Crippen LogP contribution in [0.1, 0.15) is 39.7 Å². The molecule has 1 aromatic carbocycles. The Hall–Kier alpha value is -1.85. The second-order valence-electron chi connectivity index (χ2n) is 7.07. The number of halogens is 3. The van der Waals surface area contributed by atoms with Crippen molar-refractivity contribution in [1.82, 2.24) is 16.0 Å². The summed E-state index contributed by atoms with van der Waals surface area (Å²) in [6.07, 6.45) is 0.805. The summed E-state index contributed by atoms with van der Waals surface area (Å²) in [5, 5.41) is 8.67. The van der Waals surface area contributed by atoms with Crippen molar-refractivity contribution in [2.75, 3.05) is 20.2 Å². The number of carbonyl (C=O) groups is 1. The molecule has 3 N–H and O–H groups in total. The van der Waals surface area contributed by atoms with Gasteiger partial charge in [-0.25, -0.2) is 0 Å². The fourth-order valence-electron chi connectivity index (χ4n) is 2.22. The topological polar surface area (TPSA) is 84.0 Å². The van der Waals surface area contributed by atoms with Gasteiger partial charge in [0.2, 0.25) is 5.91 Å². The lowest BCUT2D eigenvalue weighted by atomic mass is 10.1. The molecule has 0 aliphatic carbocycles. The Morgan fingerprint density at radius 2 is 1.93 bits per heavy atom. The molecule has 0 bridgehead atoms. The first-order valence-electron chi connectivity index (χ1n) is 9.10. The summed E-state index contributed by atoms with van der Waals surface area (Å²) >= 11 is 0. The van der Waals surface area contributed by atoms with E-state index < -0.39 is 6.61 Å². The fourth-order valence-corrected chi connectivity index (χ4v) is 2.22. The number of benzene rings is 1. The summed E-state index contributed by atoms with van der Waals surface area (Å²) in [6, 6.07) is 4.78. The van der Waals surface area contributed by atoms with E-state index in [1.54, 1.807) is 19.2 Å². The largest absolute Gasteiger partial charge is 0.493 e. The lowest BCUT2D eigenvalue weighted by Crippen LogP contribution is -2.48. The van der Waals surface area contributed by atoms with Crippen molar-refractivity contribution < 1.29 is 23.0 Å². The zero-order valence-corrected chi connectivity index (χ0v) is 19.8. The molecule has 1 rings (SSSR count). The van der Waals surface area contributed by atoms with E-state index >= 15 is 0 Å². The van der Waals surface area contributed by atoms with Crippen molar-refractivity contribution in [3.05, 3.63) is 23.8 Å². The minimum atomic E-state index is -2.95. The minimum absolute atomic E-state index is 0. The Morgan fingerprint density at radius 1 is 1.24 bits per heavy atom. The first-order chi connectivity index (χ1) is 13.1. The van der Waals surface area contributed by atoms with Crippen LogP contribution < -0.4 is 25.4 Å². The monoisotopic (exact) mass is 528 g/mol. The average molecular weight is 528 g/mol. The van der Waals surface area contributed by atoms with E-state index in [9.17, 15) is 13.6 Å². The second kappa shape index (κ2) is 13.4. The molecule has 0 fully saturated rings. The van der Waals surface area contributed by atoms with Gasteiger partial charge in [0.05, 0.1) is 13.2 Å². The molecule has 0 saturated heterocycles. The third kappa shape index (κ3) is 11.7. The highest BCUT2D eigenvalue weighted by molar-refractivity contribution is 14.0. The average Bonchev–Trinajstić information content (AvgIpc) is 2.59. The summed E-state index contributed by atoms with van der Waals surface area (Å²) in [4.78, 5) is 15.9. The van der Waals surface area contributed by atoms with Crippen molar-refractivity contribution in [1.29, 1.82) is 0 Å². The fraction of sp³-hybridized carbons (Fsp3) is 0.579. The van der Waals surface area contributed by atoms with Crippen molar-refractivity contribution >= 4 is 35.8 Å². The van der Waals surface area contributed by atoms with Gasteiger partial charge < -0.3 is 25.4 Å². The van der Waals surface area contributed by atoms with Crippen molar-refractivity contribution in [2.45, 2.75) is 52.8 Å². The number of carbonyl (C=O) groups excluding carboxylic acids is 1. The molecule has 0 radical (unpaired) electrons. The standard InChI is InChI=1S/C19H30F2N4O3.HI/c1-6-9-27-14-8-7-13(15(10-14)28-17(20)21)11-23-18(22-5)24-12-16(26)25-19(2,3)4;/h7-8,10,17H,6,9,11-12H2,1-5H3,(H,25,26)(H2,22,23,24);1H. The summed E-state index contributed by atoms with van der Waals surface area (Å²) in [5.74, 6) is 0.660. The Bertz CT molecular complexity index is 667. The van der Waals surface area contributed by atoms with Crippen LogP contribution in [0.3, 0.4) is 0 Å². The molecule has 10 heteroatoms. The highest BCUT2D eigenvalue weighted by atomic mass is 127. The van der Waals surface area contributed by atoms with Crippen LogP contribution in [0.25, 0.3) is 0 Å². The number of guanidine groups is 1. The van der Waals surface area contributed by atoms with Gasteiger partial charge in [-0.3, -0.25) is 9.79 Å². The number of ether oxygens (including phenoxy) is 2. The van der Waals surface area contributed by atoms with Crippen LogP contribution in [0, 0.1) is 0 Å². The summed E-state index contributed by atoms with van der Waals surface area (Å²) in [7, 11) is 1.55. The molecule has 0 unspecified atom stereocenters. The SMILES string of the molecule is CCCOc1ccc(CNC(=NC)NCC(=O)NC(C)(C)C)c(OC(F)F)c1.I. The normalized spacial score (nSPS) is 11.5. The summed E-state index contributed by atoms with van der Waals surface area (Å²) in [5.41, 5.74) is 0.171. The maximum Gasteiger partial charge on any atom is 0.387 e. The van der Waals surface area contributed by atoms with Gasteiger partial charge in [0, 0.05) is 30.8 Å². The van der Waals surface area contributed by atoms with E-state index in [2.05, 4.69) is 25.7 Å². The number of nitrogens with one attached hydrogen (secondary N) is 3. The maximum atomic E-state index is 12.7. The zero-order valence-electron chi connectivity index (χ0n) is 17.5. The lowest BCUT2D eigenvalue weighted by molar-refractivity contribution is -0.121. The van der Waals surface area contributed by atoms with Crippen molar-refractivity contribution in [2.24, 2.45) is 4.99 Å². The highest BCUT2D eigenvalue weighted by Crippen LogP contribution is 2.26. The Kier molecular flexibility index (Phi) is 12.5. The number of hydrogen-bond acceptors (Lipinski definition) is 4. The van der Waals surface area contributed by atoms with Gasteiger partial charge in [-0.2, -0.15) is 8.78 Å². The number of aliphatic imine (C=N–C) groups is 1. The van der Waals surface area contributed by atoms with Crippen LogP contribution in [-0.4, -0.2) is 44.2 Å². The quantitative estimate of drug-likeness (QED) is 0.261. The van der Waals surface area contributed by atoms with E-state index in [4.69, 9.17) is 4.74 Å². The Morgan fingerprint density at radius 3 is 2.48 bits per heavy atom. The lowest BCUT2D eigenvalue weighted by Gasteiger charge is -2.21. The number of alkyl halides is 2. The van der Waals surface area contributed by atoms with E-state index in [1.165, 1.54) is 6.07 Å². The predicted octanol–water partition coefficient (Wildman–Crippen LogP) is 3.27. The van der Waals surface area contributed by atoms with Gasteiger partial charge in [0.1, 0.15) is 11.5 Å². The van der Waals surface area contributed by atoms with Gasteiger partial charge in [0.25, 0.3) is 0 Å². The van der Waals surface area contributed by atoms with Crippen LogP contribution >= 0.6 is 24.0 Å². The molecule has 0 aromatic heterocycles. The molecule has 1 aromatic rings. The van der Waals surface area contributed by atoms with Crippen LogP contribution in [0.5, 0.6) is 11.5 Å². The number of rotatable bonds is 9. The molecule has 0 atom stereocenters. The first kappa shape index (κ1) is 27.1. The zero-order chi connectivity index (χ0) is 21.2. The number of hydrogen-bond donors (Lipinski definition) is 3. The van der Waals surface area contributed by atoms with Gasteiger partial charge in [-0.15, -0.1) is 24.0 Å². The van der Waals surface area contributed by atoms with E-state index in [1.807, 2.05) is 27.7 Å². The molecule has 0 heterocycles. The molecule has 1 amide bonds. The molecule has 7 nitrogen and oxygen atoms in total. The van der Waals surface area contributed by atoms with Crippen LogP contribution in [0.2, 0.25) is 0 Å². The summed E-state index contributed by atoms with van der Waals surface area (Å²) < 4.78 is 35.5.